The number of hydrogen-bond acceptors (Lipinski definition) is 5. The van der Waals surface area contributed by atoms with Crippen molar-refractivity contribution in [1.82, 2.24) is 30.3 Å². The lowest BCUT2D eigenvalue weighted by molar-refractivity contribution is -0.135. The highest BCUT2D eigenvalue weighted by atomic mass is 19.4. The maximum Gasteiger partial charge on any atom is 0.389 e. The fourth-order valence-electron chi connectivity index (χ4n) is 2.90. The first-order valence-electron chi connectivity index (χ1n) is 10.1. The molecule has 166 valence electrons. The first-order chi connectivity index (χ1) is 13.8. The van der Waals surface area contributed by atoms with Crippen LogP contribution in [-0.4, -0.2) is 77.7 Å². The smallest absolute Gasteiger partial charge is 0.379 e. The molecule has 2 rings (SSSR count). The van der Waals surface area contributed by atoms with Gasteiger partial charge in [-0.25, -0.2) is 4.99 Å². The molecule has 29 heavy (non-hydrogen) atoms. The Morgan fingerprint density at radius 3 is 2.41 bits per heavy atom. The Kier molecular flexibility index (Phi) is 9.65. The number of halogens is 3. The summed E-state index contributed by atoms with van der Waals surface area (Å²) < 4.78 is 44.0. The van der Waals surface area contributed by atoms with Gasteiger partial charge < -0.3 is 19.9 Å². The summed E-state index contributed by atoms with van der Waals surface area (Å²) in [5.41, 5.74) is 0. The van der Waals surface area contributed by atoms with Crippen LogP contribution in [-0.2, 0) is 18.3 Å². The third-order valence-corrected chi connectivity index (χ3v) is 4.79. The molecule has 0 amide bonds. The number of aliphatic imine (C=N–C) groups is 1. The summed E-state index contributed by atoms with van der Waals surface area (Å²) in [6.07, 6.45) is -3.39. The molecular weight excluding hydrogens is 387 g/mol. The number of morpholine rings is 1. The van der Waals surface area contributed by atoms with E-state index in [4.69, 9.17) is 4.74 Å². The van der Waals surface area contributed by atoms with E-state index in [-0.39, 0.29) is 6.42 Å². The Morgan fingerprint density at radius 1 is 1.10 bits per heavy atom. The van der Waals surface area contributed by atoms with E-state index in [9.17, 15) is 13.2 Å². The fourth-order valence-corrected chi connectivity index (χ4v) is 2.90. The zero-order valence-electron chi connectivity index (χ0n) is 17.3. The summed E-state index contributed by atoms with van der Waals surface area (Å²) in [5.74, 6) is 2.11. The number of rotatable bonds is 10. The van der Waals surface area contributed by atoms with Gasteiger partial charge in [-0.05, 0) is 32.7 Å². The third kappa shape index (κ3) is 9.44. The van der Waals surface area contributed by atoms with Gasteiger partial charge in [0.15, 0.2) is 11.8 Å². The molecule has 1 aliphatic rings. The number of alkyl halides is 3. The summed E-state index contributed by atoms with van der Waals surface area (Å²) in [6, 6.07) is 0. The van der Waals surface area contributed by atoms with Crippen molar-refractivity contribution >= 4 is 5.96 Å². The van der Waals surface area contributed by atoms with Gasteiger partial charge in [0.2, 0.25) is 0 Å². The quantitative estimate of drug-likeness (QED) is 0.341. The van der Waals surface area contributed by atoms with Crippen molar-refractivity contribution in [2.24, 2.45) is 12.0 Å². The summed E-state index contributed by atoms with van der Waals surface area (Å²) >= 11 is 0. The number of unbranched alkanes of at least 4 members (excludes halogenated alkanes) is 1. The number of guanidine groups is 1. The predicted molar refractivity (Wildman–Crippen MR) is 105 cm³/mol. The molecule has 0 radical (unpaired) electrons. The maximum absolute atomic E-state index is 12.3. The SMILES string of the molecule is Cc1nnc(CN=C(NCCCCC(F)(F)F)NCCCN2CCOCC2)n1C. The molecule has 1 aromatic heterocycles. The van der Waals surface area contributed by atoms with Crippen molar-refractivity contribution in [2.45, 2.75) is 45.3 Å². The second kappa shape index (κ2) is 12.0. The molecule has 1 aliphatic heterocycles. The number of nitrogens with zero attached hydrogens (tertiary/aromatic N) is 5. The zero-order valence-corrected chi connectivity index (χ0v) is 17.3. The molecular formula is C18H32F3N7O. The van der Waals surface area contributed by atoms with Crippen molar-refractivity contribution in [3.63, 3.8) is 0 Å². The Morgan fingerprint density at radius 2 is 1.79 bits per heavy atom. The molecule has 2 heterocycles. The molecule has 0 atom stereocenters. The van der Waals surface area contributed by atoms with Crippen LogP contribution >= 0.6 is 0 Å². The van der Waals surface area contributed by atoms with Crippen molar-refractivity contribution in [1.29, 1.82) is 0 Å². The lowest BCUT2D eigenvalue weighted by Crippen LogP contribution is -2.41. The van der Waals surface area contributed by atoms with E-state index in [1.165, 1.54) is 0 Å². The van der Waals surface area contributed by atoms with Crippen molar-refractivity contribution in [3.8, 4) is 0 Å². The number of aryl methyl sites for hydroxylation is 1. The van der Waals surface area contributed by atoms with E-state index in [1.807, 2.05) is 18.5 Å². The van der Waals surface area contributed by atoms with Crippen molar-refractivity contribution in [2.75, 3.05) is 45.9 Å². The number of hydrogen-bond donors (Lipinski definition) is 2. The van der Waals surface area contributed by atoms with E-state index in [0.29, 0.717) is 25.5 Å². The number of ether oxygens (including phenoxy) is 1. The van der Waals surface area contributed by atoms with Gasteiger partial charge in [0, 0.05) is 39.6 Å². The van der Waals surface area contributed by atoms with Gasteiger partial charge in [0.25, 0.3) is 0 Å². The Labute approximate surface area is 169 Å². The lowest BCUT2D eigenvalue weighted by atomic mass is 10.2. The fraction of sp³-hybridized carbons (Fsp3) is 0.833. The standard InChI is InChI=1S/C18H32F3N7O/c1-15-25-26-16(27(15)2)14-24-17(22-7-4-3-6-18(19,20)21)23-8-5-9-28-10-12-29-13-11-28/h3-14H2,1-2H3,(H2,22,23,24). The average Bonchev–Trinajstić information content (AvgIpc) is 3.00. The van der Waals surface area contributed by atoms with E-state index >= 15 is 0 Å². The minimum atomic E-state index is -4.10. The van der Waals surface area contributed by atoms with Crippen LogP contribution in [0.5, 0.6) is 0 Å². The van der Waals surface area contributed by atoms with Crippen LogP contribution in [0.4, 0.5) is 13.2 Å². The van der Waals surface area contributed by atoms with Crippen LogP contribution in [0.1, 0.15) is 37.3 Å². The second-order valence-electron chi connectivity index (χ2n) is 7.12. The van der Waals surface area contributed by atoms with Crippen LogP contribution in [0, 0.1) is 6.92 Å². The number of nitrogens with one attached hydrogen (secondary N) is 2. The van der Waals surface area contributed by atoms with E-state index in [2.05, 4.69) is 30.7 Å². The topological polar surface area (TPSA) is 79.6 Å². The Bertz CT molecular complexity index is 627. The molecule has 1 saturated heterocycles. The summed E-state index contributed by atoms with van der Waals surface area (Å²) in [6.45, 7) is 7.79. The largest absolute Gasteiger partial charge is 0.389 e. The molecule has 8 nitrogen and oxygen atoms in total. The summed E-state index contributed by atoms with van der Waals surface area (Å²) in [5, 5.41) is 14.5. The monoisotopic (exact) mass is 419 g/mol. The van der Waals surface area contributed by atoms with Crippen LogP contribution in [0.3, 0.4) is 0 Å². The van der Waals surface area contributed by atoms with Crippen LogP contribution in [0.25, 0.3) is 0 Å². The molecule has 0 spiro atoms. The van der Waals surface area contributed by atoms with E-state index < -0.39 is 12.6 Å². The van der Waals surface area contributed by atoms with Gasteiger partial charge >= 0.3 is 6.18 Å². The van der Waals surface area contributed by atoms with Crippen LogP contribution in [0.15, 0.2) is 4.99 Å². The minimum absolute atomic E-state index is 0.100. The normalized spacial score (nSPS) is 16.2. The van der Waals surface area contributed by atoms with Gasteiger partial charge in [-0.15, -0.1) is 10.2 Å². The molecule has 1 aromatic rings. The van der Waals surface area contributed by atoms with Crippen molar-refractivity contribution < 1.29 is 17.9 Å². The van der Waals surface area contributed by atoms with Crippen molar-refractivity contribution in [3.05, 3.63) is 11.6 Å². The molecule has 11 heteroatoms. The lowest BCUT2D eigenvalue weighted by Gasteiger charge is -2.26. The van der Waals surface area contributed by atoms with Gasteiger partial charge in [0.1, 0.15) is 12.4 Å². The predicted octanol–water partition coefficient (Wildman–Crippen LogP) is 1.61. The molecule has 2 N–H and O–H groups in total. The maximum atomic E-state index is 12.3. The molecule has 0 unspecified atom stereocenters. The molecule has 0 saturated carbocycles. The van der Waals surface area contributed by atoms with Gasteiger partial charge in [-0.2, -0.15) is 13.2 Å². The van der Waals surface area contributed by atoms with E-state index in [0.717, 1.165) is 57.5 Å². The molecule has 0 aliphatic carbocycles. The Balaban J connectivity index is 1.77. The molecule has 0 aromatic carbocycles. The molecule has 1 fully saturated rings. The summed E-state index contributed by atoms with van der Waals surface area (Å²) in [4.78, 5) is 6.87. The second-order valence-corrected chi connectivity index (χ2v) is 7.12. The first kappa shape index (κ1) is 23.4. The zero-order chi connectivity index (χ0) is 21.1. The highest BCUT2D eigenvalue weighted by Gasteiger charge is 2.25. The van der Waals surface area contributed by atoms with Gasteiger partial charge in [-0.3, -0.25) is 4.90 Å². The highest BCUT2D eigenvalue weighted by molar-refractivity contribution is 5.79. The van der Waals surface area contributed by atoms with Crippen LogP contribution in [0.2, 0.25) is 0 Å². The highest BCUT2D eigenvalue weighted by Crippen LogP contribution is 2.21. The van der Waals surface area contributed by atoms with Gasteiger partial charge in [-0.1, -0.05) is 0 Å². The average molecular weight is 419 g/mol. The van der Waals surface area contributed by atoms with E-state index in [1.54, 1.807) is 0 Å². The van der Waals surface area contributed by atoms with Crippen LogP contribution < -0.4 is 10.6 Å². The first-order valence-corrected chi connectivity index (χ1v) is 10.1. The number of aromatic nitrogens is 3. The molecule has 0 bridgehead atoms. The Hall–Kier alpha value is -1.88. The minimum Gasteiger partial charge on any atom is -0.379 e. The summed E-state index contributed by atoms with van der Waals surface area (Å²) in [7, 11) is 1.88. The third-order valence-electron chi connectivity index (χ3n) is 4.79. The van der Waals surface area contributed by atoms with Gasteiger partial charge in [0.05, 0.1) is 13.2 Å².